The average molecular weight is 249 g/mol. The highest BCUT2D eigenvalue weighted by atomic mass is 16.3. The number of hydrogen-bond donors (Lipinski definition) is 2. The van der Waals surface area contributed by atoms with Crippen LogP contribution in [0.2, 0.25) is 0 Å². The molecule has 1 aromatic carbocycles. The fourth-order valence-corrected chi connectivity index (χ4v) is 1.77. The molecular formula is C15H23NO2. The van der Waals surface area contributed by atoms with Crippen LogP contribution in [-0.4, -0.2) is 23.2 Å². The molecule has 0 unspecified atom stereocenters. The van der Waals surface area contributed by atoms with Gasteiger partial charge in [0, 0.05) is 13.0 Å². The molecule has 0 heterocycles. The van der Waals surface area contributed by atoms with Crippen molar-refractivity contribution in [3.05, 3.63) is 35.9 Å². The van der Waals surface area contributed by atoms with Crippen LogP contribution in [0.5, 0.6) is 0 Å². The van der Waals surface area contributed by atoms with E-state index in [1.807, 2.05) is 44.2 Å². The van der Waals surface area contributed by atoms with Crippen LogP contribution < -0.4 is 5.32 Å². The van der Waals surface area contributed by atoms with Gasteiger partial charge < -0.3 is 10.4 Å². The second-order valence-corrected chi connectivity index (χ2v) is 6.02. The molecule has 18 heavy (non-hydrogen) atoms. The van der Waals surface area contributed by atoms with Gasteiger partial charge in [-0.3, -0.25) is 4.79 Å². The number of aliphatic hydroxyl groups is 1. The van der Waals surface area contributed by atoms with Gasteiger partial charge in [-0.2, -0.15) is 0 Å². The molecule has 2 N–H and O–H groups in total. The molecule has 0 bridgehead atoms. The Bertz CT molecular complexity index is 391. The third kappa shape index (κ3) is 4.88. The average Bonchev–Trinajstić information content (AvgIpc) is 2.26. The van der Waals surface area contributed by atoms with Crippen LogP contribution in [0, 0.1) is 0 Å². The number of hydrogen-bond acceptors (Lipinski definition) is 2. The normalized spacial score (nSPS) is 12.3. The highest BCUT2D eigenvalue weighted by Crippen LogP contribution is 2.26. The summed E-state index contributed by atoms with van der Waals surface area (Å²) in [5, 5.41) is 12.3. The van der Waals surface area contributed by atoms with E-state index >= 15 is 0 Å². The van der Waals surface area contributed by atoms with Gasteiger partial charge in [0.1, 0.15) is 0 Å². The first-order valence-corrected chi connectivity index (χ1v) is 6.25. The molecule has 1 aromatic rings. The zero-order valence-corrected chi connectivity index (χ0v) is 11.7. The lowest BCUT2D eigenvalue weighted by atomic mass is 9.81. The van der Waals surface area contributed by atoms with E-state index in [1.54, 1.807) is 13.8 Å². The minimum absolute atomic E-state index is 0.0361. The predicted octanol–water partition coefficient (Wildman–Crippen LogP) is 2.24. The molecule has 0 aliphatic carbocycles. The first-order chi connectivity index (χ1) is 8.21. The maximum atomic E-state index is 11.9. The second kappa shape index (κ2) is 5.53. The van der Waals surface area contributed by atoms with Crippen LogP contribution in [-0.2, 0) is 10.2 Å². The fraction of sp³-hybridized carbons (Fsp3) is 0.533. The maximum Gasteiger partial charge on any atom is 0.220 e. The molecule has 0 radical (unpaired) electrons. The highest BCUT2D eigenvalue weighted by molar-refractivity contribution is 5.77. The van der Waals surface area contributed by atoms with Gasteiger partial charge in [-0.25, -0.2) is 0 Å². The standard InChI is InChI=1S/C15H23NO2/c1-14(2,12-8-6-5-7-9-12)10-13(17)16-11-15(3,4)18/h5-9,18H,10-11H2,1-4H3,(H,16,17). The van der Waals surface area contributed by atoms with Crippen LogP contribution in [0.25, 0.3) is 0 Å². The molecule has 0 saturated carbocycles. The quantitative estimate of drug-likeness (QED) is 0.841. The van der Waals surface area contributed by atoms with Gasteiger partial charge in [-0.15, -0.1) is 0 Å². The van der Waals surface area contributed by atoms with Crippen molar-refractivity contribution in [1.82, 2.24) is 5.32 Å². The van der Waals surface area contributed by atoms with Gasteiger partial charge in [0.05, 0.1) is 5.60 Å². The molecule has 0 aliphatic heterocycles. The Kier molecular flexibility index (Phi) is 4.52. The lowest BCUT2D eigenvalue weighted by molar-refractivity contribution is -0.123. The van der Waals surface area contributed by atoms with Crippen molar-refractivity contribution in [2.24, 2.45) is 0 Å². The second-order valence-electron chi connectivity index (χ2n) is 6.02. The first kappa shape index (κ1) is 14.7. The molecule has 1 amide bonds. The smallest absolute Gasteiger partial charge is 0.220 e. The Hall–Kier alpha value is -1.35. The Balaban J connectivity index is 2.58. The fourth-order valence-electron chi connectivity index (χ4n) is 1.77. The van der Waals surface area contributed by atoms with Crippen LogP contribution >= 0.6 is 0 Å². The van der Waals surface area contributed by atoms with Crippen molar-refractivity contribution in [3.63, 3.8) is 0 Å². The SMILES string of the molecule is CC(C)(O)CNC(=O)CC(C)(C)c1ccccc1. The number of carbonyl (C=O) groups is 1. The van der Waals surface area contributed by atoms with E-state index in [2.05, 4.69) is 5.32 Å². The summed E-state index contributed by atoms with van der Waals surface area (Å²) in [5.41, 5.74) is 0.0701. The van der Waals surface area contributed by atoms with Crippen molar-refractivity contribution in [2.75, 3.05) is 6.54 Å². The topological polar surface area (TPSA) is 49.3 Å². The summed E-state index contributed by atoms with van der Waals surface area (Å²) in [6, 6.07) is 9.98. The van der Waals surface area contributed by atoms with Crippen molar-refractivity contribution in [3.8, 4) is 0 Å². The minimum Gasteiger partial charge on any atom is -0.389 e. The lowest BCUT2D eigenvalue weighted by Gasteiger charge is -2.25. The predicted molar refractivity (Wildman–Crippen MR) is 73.4 cm³/mol. The number of nitrogens with one attached hydrogen (secondary N) is 1. The van der Waals surface area contributed by atoms with Crippen molar-refractivity contribution in [2.45, 2.75) is 45.1 Å². The van der Waals surface area contributed by atoms with Gasteiger partial charge in [0.2, 0.25) is 5.91 Å². The summed E-state index contributed by atoms with van der Waals surface area (Å²) >= 11 is 0. The highest BCUT2D eigenvalue weighted by Gasteiger charge is 2.24. The summed E-state index contributed by atoms with van der Waals surface area (Å²) in [4.78, 5) is 11.9. The number of rotatable bonds is 5. The van der Waals surface area contributed by atoms with E-state index < -0.39 is 5.60 Å². The van der Waals surface area contributed by atoms with E-state index in [9.17, 15) is 9.90 Å². The summed E-state index contributed by atoms with van der Waals surface area (Å²) in [5.74, 6) is -0.0361. The molecule has 1 rings (SSSR count). The zero-order chi connectivity index (χ0) is 13.8. The third-order valence-electron chi connectivity index (χ3n) is 2.88. The third-order valence-corrected chi connectivity index (χ3v) is 2.88. The Morgan fingerprint density at radius 3 is 2.22 bits per heavy atom. The van der Waals surface area contributed by atoms with Crippen LogP contribution in [0.15, 0.2) is 30.3 Å². The Labute approximate surface area is 109 Å². The van der Waals surface area contributed by atoms with E-state index in [0.29, 0.717) is 6.42 Å². The van der Waals surface area contributed by atoms with Gasteiger partial charge >= 0.3 is 0 Å². The number of benzene rings is 1. The van der Waals surface area contributed by atoms with E-state index in [1.165, 1.54) is 0 Å². The van der Waals surface area contributed by atoms with E-state index in [4.69, 9.17) is 0 Å². The molecular weight excluding hydrogens is 226 g/mol. The number of carbonyl (C=O) groups excluding carboxylic acids is 1. The molecule has 0 aromatic heterocycles. The van der Waals surface area contributed by atoms with Crippen LogP contribution in [0.3, 0.4) is 0 Å². The van der Waals surface area contributed by atoms with E-state index in [-0.39, 0.29) is 17.9 Å². The monoisotopic (exact) mass is 249 g/mol. The summed E-state index contributed by atoms with van der Waals surface area (Å²) in [6.45, 7) is 7.72. The summed E-state index contributed by atoms with van der Waals surface area (Å²) in [6.07, 6.45) is 0.410. The number of amides is 1. The lowest BCUT2D eigenvalue weighted by Crippen LogP contribution is -2.40. The molecule has 3 heteroatoms. The van der Waals surface area contributed by atoms with E-state index in [0.717, 1.165) is 5.56 Å². The molecule has 0 fully saturated rings. The van der Waals surface area contributed by atoms with Gasteiger partial charge in [-0.05, 0) is 24.8 Å². The molecule has 100 valence electrons. The first-order valence-electron chi connectivity index (χ1n) is 6.25. The molecule has 0 saturated heterocycles. The molecule has 0 spiro atoms. The van der Waals surface area contributed by atoms with Crippen molar-refractivity contribution in [1.29, 1.82) is 0 Å². The Morgan fingerprint density at radius 2 is 1.72 bits per heavy atom. The summed E-state index contributed by atoms with van der Waals surface area (Å²) in [7, 11) is 0. The van der Waals surface area contributed by atoms with Crippen LogP contribution in [0.1, 0.15) is 39.7 Å². The van der Waals surface area contributed by atoms with Gasteiger partial charge in [-0.1, -0.05) is 44.2 Å². The van der Waals surface area contributed by atoms with Gasteiger partial charge in [0.15, 0.2) is 0 Å². The van der Waals surface area contributed by atoms with Gasteiger partial charge in [0.25, 0.3) is 0 Å². The molecule has 0 aliphatic rings. The van der Waals surface area contributed by atoms with Crippen LogP contribution in [0.4, 0.5) is 0 Å². The maximum absolute atomic E-state index is 11.9. The zero-order valence-electron chi connectivity index (χ0n) is 11.7. The summed E-state index contributed by atoms with van der Waals surface area (Å²) < 4.78 is 0. The Morgan fingerprint density at radius 1 is 1.17 bits per heavy atom. The van der Waals surface area contributed by atoms with Crippen molar-refractivity contribution >= 4 is 5.91 Å². The minimum atomic E-state index is -0.869. The molecule has 3 nitrogen and oxygen atoms in total. The molecule has 0 atom stereocenters. The largest absolute Gasteiger partial charge is 0.389 e. The van der Waals surface area contributed by atoms with Crippen molar-refractivity contribution < 1.29 is 9.90 Å².